The number of nitrogens with zero attached hydrogens (tertiary/aromatic N) is 1. The smallest absolute Gasteiger partial charge is 0.816 e. The molecule has 0 spiro atoms. The molecule has 0 aromatic heterocycles. The van der Waals surface area contributed by atoms with Crippen molar-refractivity contribution >= 4 is 6.19 Å². The Bertz CT molecular complexity index is 46.1. The van der Waals surface area contributed by atoms with Crippen molar-refractivity contribution in [2.24, 2.45) is 0 Å². The van der Waals surface area contributed by atoms with Crippen molar-refractivity contribution in [2.75, 3.05) is 0 Å². The molecule has 0 aromatic rings. The van der Waals surface area contributed by atoms with Gasteiger partial charge in [0.05, 0.1) is 0 Å². The Morgan fingerprint density at radius 2 is 2.40 bits per heavy atom. The first kappa shape index (κ1) is 5.36. The van der Waals surface area contributed by atoms with E-state index in [1.54, 1.807) is 0 Å². The third kappa shape index (κ3) is 13.1. The van der Waals surface area contributed by atoms with Crippen LogP contribution in [-0.4, -0.2) is 6.19 Å². The molecule has 5 heavy (non-hydrogen) atoms. The first-order valence-electron chi connectivity index (χ1n) is 1.58. The van der Waals surface area contributed by atoms with E-state index in [2.05, 4.69) is 6.92 Å². The van der Waals surface area contributed by atoms with Gasteiger partial charge in [0.2, 0.25) is 0 Å². The van der Waals surface area contributed by atoms with Crippen molar-refractivity contribution in [3.8, 4) is 0 Å². The summed E-state index contributed by atoms with van der Waals surface area (Å²) < 4.78 is 6.24. The molecular formula is C3H5NW. The maximum atomic E-state index is 7.88. The SMILES string of the molecule is [3H]C(=[N-])C[CH2-].[W+2]. The van der Waals surface area contributed by atoms with Crippen molar-refractivity contribution in [3.63, 3.8) is 0 Å². The summed E-state index contributed by atoms with van der Waals surface area (Å²) in [4.78, 5) is 0. The van der Waals surface area contributed by atoms with Crippen LogP contribution in [0.1, 0.15) is 7.79 Å². The van der Waals surface area contributed by atoms with E-state index in [0.29, 0.717) is 0 Å². The zero-order valence-corrected chi connectivity index (χ0v) is 5.70. The van der Waals surface area contributed by atoms with Gasteiger partial charge in [-0.2, -0.15) is 6.42 Å². The molecule has 0 saturated carbocycles. The third-order valence-electron chi connectivity index (χ3n) is 0.112. The molecule has 0 atom stereocenters. The zero-order valence-electron chi connectivity index (χ0n) is 3.77. The van der Waals surface area contributed by atoms with Gasteiger partial charge in [-0.25, -0.2) is 6.19 Å². The summed E-state index contributed by atoms with van der Waals surface area (Å²) in [7, 11) is 0. The van der Waals surface area contributed by atoms with Gasteiger partial charge in [-0.05, 0) is 0 Å². The van der Waals surface area contributed by atoms with Crippen molar-refractivity contribution < 1.29 is 22.4 Å². The number of hydrogen-bond acceptors (Lipinski definition) is 0. The summed E-state index contributed by atoms with van der Waals surface area (Å²) in [6.45, 7) is 3.21. The molecule has 0 heterocycles. The van der Waals surface area contributed by atoms with Crippen LogP contribution in [0.25, 0.3) is 5.41 Å². The van der Waals surface area contributed by atoms with Gasteiger partial charge in [0.25, 0.3) is 0 Å². The monoisotopic (exact) mass is 241 g/mol. The first-order chi connectivity index (χ1) is 2.27. The van der Waals surface area contributed by atoms with Crippen LogP contribution in [0, 0.1) is 6.92 Å². The molecule has 0 bridgehead atoms. The van der Waals surface area contributed by atoms with Gasteiger partial charge in [-0.3, -0.25) is 0 Å². The Kier molecular flexibility index (Phi) is 9.47. The third-order valence-corrected chi connectivity index (χ3v) is 0.112. The van der Waals surface area contributed by atoms with E-state index >= 15 is 0 Å². The Morgan fingerprint density at radius 3 is 2.40 bits per heavy atom. The van der Waals surface area contributed by atoms with E-state index < -0.39 is 0 Å². The minimum atomic E-state index is -0.356. The first-order valence-corrected chi connectivity index (χ1v) is 1.08. The van der Waals surface area contributed by atoms with Gasteiger partial charge in [-0.15, -0.1) is 0 Å². The minimum Gasteiger partial charge on any atom is -0.816 e. The number of hydrogen-bond donors (Lipinski definition) is 0. The molecule has 0 unspecified atom stereocenters. The van der Waals surface area contributed by atoms with E-state index in [4.69, 9.17) is 6.78 Å². The molecule has 0 saturated heterocycles. The van der Waals surface area contributed by atoms with Crippen LogP contribution in [0.2, 0.25) is 0 Å². The maximum absolute atomic E-state index is 7.88. The molecule has 0 radical (unpaired) electrons. The van der Waals surface area contributed by atoms with Gasteiger partial charge in [0.15, 0.2) is 0 Å². The van der Waals surface area contributed by atoms with E-state index in [-0.39, 0.29) is 33.7 Å². The summed E-state index contributed by atoms with van der Waals surface area (Å²) in [5, 5.41) is 7.88. The average Bonchev–Trinajstić information content (AvgIpc) is 1.38. The molecule has 0 N–H and O–H groups in total. The normalized spacial score (nSPS) is 7.80. The predicted molar refractivity (Wildman–Crippen MR) is 19.4 cm³/mol. The molecular weight excluding hydrogens is 234 g/mol. The minimum absolute atomic E-state index is 0. The quantitative estimate of drug-likeness (QED) is 0.479. The van der Waals surface area contributed by atoms with Gasteiger partial charge < -0.3 is 12.3 Å². The second-order valence-corrected chi connectivity index (χ2v) is 0.408. The van der Waals surface area contributed by atoms with Crippen molar-refractivity contribution in [1.82, 2.24) is 0 Å². The van der Waals surface area contributed by atoms with E-state index in [9.17, 15) is 0 Å². The van der Waals surface area contributed by atoms with Gasteiger partial charge >= 0.3 is 21.1 Å². The fourth-order valence-electron chi connectivity index (χ4n) is 0. The zero-order chi connectivity index (χ0) is 4.28. The molecule has 0 aliphatic carbocycles. The van der Waals surface area contributed by atoms with Crippen molar-refractivity contribution in [1.29, 1.82) is 0 Å². The Hall–Kier alpha value is 0.358. The molecule has 0 aliphatic rings. The van der Waals surface area contributed by atoms with Crippen LogP contribution >= 0.6 is 0 Å². The largest absolute Gasteiger partial charge is 2.00 e. The number of rotatable bonds is 1. The summed E-state index contributed by atoms with van der Waals surface area (Å²) >= 11 is 0. The molecule has 0 aromatic carbocycles. The molecule has 28 valence electrons. The Labute approximate surface area is 47.9 Å². The summed E-state index contributed by atoms with van der Waals surface area (Å²) in [5.41, 5.74) is 0. The molecule has 0 amide bonds. The van der Waals surface area contributed by atoms with E-state index in [0.717, 1.165) is 0 Å². The molecule has 1 nitrogen and oxygen atoms in total. The van der Waals surface area contributed by atoms with Crippen LogP contribution in [0.15, 0.2) is 0 Å². The van der Waals surface area contributed by atoms with Gasteiger partial charge in [0, 0.05) is 1.37 Å². The van der Waals surface area contributed by atoms with Crippen LogP contribution < -0.4 is 0 Å². The average molecular weight is 241 g/mol. The van der Waals surface area contributed by atoms with Crippen LogP contribution in [0.4, 0.5) is 0 Å². The van der Waals surface area contributed by atoms with Crippen LogP contribution in [0.3, 0.4) is 0 Å². The van der Waals surface area contributed by atoms with E-state index in [1.165, 1.54) is 0 Å². The fourth-order valence-corrected chi connectivity index (χ4v) is 0. The summed E-state index contributed by atoms with van der Waals surface area (Å²) in [6.07, 6.45) is -0.162. The summed E-state index contributed by atoms with van der Waals surface area (Å²) in [5.74, 6) is 0. The fraction of sp³-hybridized carbons (Fsp3) is 0.333. The Balaban J connectivity index is 0. The molecule has 2 heteroatoms. The molecule has 0 rings (SSSR count). The van der Waals surface area contributed by atoms with Crippen molar-refractivity contribution in [3.05, 3.63) is 12.3 Å². The maximum Gasteiger partial charge on any atom is 2.00 e. The predicted octanol–water partition coefficient (Wildman–Crippen LogP) is 0.848. The topological polar surface area (TPSA) is 22.3 Å². The van der Waals surface area contributed by atoms with Gasteiger partial charge in [0.1, 0.15) is 0 Å². The molecule has 0 fully saturated rings. The van der Waals surface area contributed by atoms with Crippen LogP contribution in [0.5, 0.6) is 0 Å². The van der Waals surface area contributed by atoms with Gasteiger partial charge in [-0.1, -0.05) is 0 Å². The van der Waals surface area contributed by atoms with Crippen molar-refractivity contribution in [2.45, 2.75) is 6.42 Å². The second kappa shape index (κ2) is 8.84. The second-order valence-electron chi connectivity index (χ2n) is 0.408. The standard InChI is InChI=1S/C3H5N.W/c1-2-3-4;/h3H,1-2H2;/q-2;+2/i3T;. The van der Waals surface area contributed by atoms with Crippen LogP contribution in [-0.2, 0) is 21.1 Å². The Morgan fingerprint density at radius 1 is 2.20 bits per heavy atom. The summed E-state index contributed by atoms with van der Waals surface area (Å²) in [6, 6.07) is 0. The van der Waals surface area contributed by atoms with E-state index in [1.807, 2.05) is 0 Å². The molecule has 0 aliphatic heterocycles.